The van der Waals surface area contributed by atoms with Gasteiger partial charge in [-0.3, -0.25) is 0 Å². The Labute approximate surface area is 166 Å². The van der Waals surface area contributed by atoms with Gasteiger partial charge in [0.1, 0.15) is 11.5 Å². The quantitative estimate of drug-likeness (QED) is 0.800. The molecule has 3 aliphatic rings. The molecule has 0 spiro atoms. The summed E-state index contributed by atoms with van der Waals surface area (Å²) in [5.74, 6) is 3.35. The number of furan rings is 1. The zero-order chi connectivity index (χ0) is 19.3. The van der Waals surface area contributed by atoms with Gasteiger partial charge in [0.2, 0.25) is 0 Å². The highest BCUT2D eigenvalue weighted by Crippen LogP contribution is 2.56. The zero-order valence-corrected chi connectivity index (χ0v) is 16.8. The van der Waals surface area contributed by atoms with Gasteiger partial charge in [-0.2, -0.15) is 0 Å². The summed E-state index contributed by atoms with van der Waals surface area (Å²) in [5, 5.41) is 3.72. The summed E-state index contributed by atoms with van der Waals surface area (Å²) in [6, 6.07) is 4.19. The van der Waals surface area contributed by atoms with Crippen molar-refractivity contribution in [3.05, 3.63) is 89.2 Å². The molecule has 4 nitrogen and oxygen atoms in total. The minimum absolute atomic E-state index is 0.0728. The van der Waals surface area contributed by atoms with Gasteiger partial charge < -0.3 is 14.3 Å². The maximum absolute atomic E-state index is 5.98. The van der Waals surface area contributed by atoms with Crippen LogP contribution < -0.4 is 5.32 Å². The fraction of sp³-hybridized carbons (Fsp3) is 0.375. The summed E-state index contributed by atoms with van der Waals surface area (Å²) in [7, 11) is 0. The maximum atomic E-state index is 5.98. The molecule has 1 saturated carbocycles. The smallest absolute Gasteiger partial charge is 0.114 e. The SMILES string of the molecule is C/C=C(/Cn1ccnc1)NC1=CC2=CC(C)(c3ccc(C)o3)CC=C2C2CC12. The molecular formula is C24H27N3O. The van der Waals surface area contributed by atoms with Crippen LogP contribution in [0.2, 0.25) is 0 Å². The summed E-state index contributed by atoms with van der Waals surface area (Å²) < 4.78 is 8.08. The van der Waals surface area contributed by atoms with Gasteiger partial charge >= 0.3 is 0 Å². The van der Waals surface area contributed by atoms with Crippen LogP contribution >= 0.6 is 0 Å². The van der Waals surface area contributed by atoms with Crippen molar-refractivity contribution in [2.24, 2.45) is 11.8 Å². The molecular weight excluding hydrogens is 346 g/mol. The minimum atomic E-state index is -0.0728. The van der Waals surface area contributed by atoms with Crippen LogP contribution in [0.25, 0.3) is 0 Å². The predicted octanol–water partition coefficient (Wildman–Crippen LogP) is 5.03. The highest BCUT2D eigenvalue weighted by Gasteiger charge is 2.48. The first-order valence-corrected chi connectivity index (χ1v) is 10.2. The Morgan fingerprint density at radius 2 is 2.29 bits per heavy atom. The number of hydrogen-bond acceptors (Lipinski definition) is 3. The van der Waals surface area contributed by atoms with Crippen LogP contribution in [0.1, 0.15) is 38.2 Å². The number of aromatic nitrogens is 2. The van der Waals surface area contributed by atoms with Crippen LogP contribution in [0.15, 0.2) is 82.1 Å². The Balaban J connectivity index is 1.42. The molecule has 3 unspecified atom stereocenters. The number of rotatable bonds is 5. The molecule has 0 amide bonds. The molecule has 1 fully saturated rings. The van der Waals surface area contributed by atoms with Crippen LogP contribution in [0.5, 0.6) is 0 Å². The van der Waals surface area contributed by atoms with Gasteiger partial charge in [-0.15, -0.1) is 0 Å². The Hall–Kier alpha value is -2.75. The maximum Gasteiger partial charge on any atom is 0.114 e. The van der Waals surface area contributed by atoms with E-state index in [0.29, 0.717) is 11.8 Å². The molecule has 3 aliphatic carbocycles. The number of aryl methyl sites for hydroxylation is 1. The molecule has 2 aromatic heterocycles. The van der Waals surface area contributed by atoms with Crippen molar-refractivity contribution < 1.29 is 4.42 Å². The first kappa shape index (κ1) is 17.4. The lowest BCUT2D eigenvalue weighted by molar-refractivity contribution is 0.400. The lowest BCUT2D eigenvalue weighted by Crippen LogP contribution is -2.25. The van der Waals surface area contributed by atoms with Crippen molar-refractivity contribution in [2.75, 3.05) is 0 Å². The van der Waals surface area contributed by atoms with Crippen LogP contribution in [0.4, 0.5) is 0 Å². The number of imidazole rings is 1. The highest BCUT2D eigenvalue weighted by molar-refractivity contribution is 5.56. The molecule has 0 saturated heterocycles. The second kappa shape index (κ2) is 6.40. The van der Waals surface area contributed by atoms with Gasteiger partial charge in [0, 0.05) is 35.1 Å². The van der Waals surface area contributed by atoms with Gasteiger partial charge in [0.25, 0.3) is 0 Å². The van der Waals surface area contributed by atoms with Crippen molar-refractivity contribution in [3.8, 4) is 0 Å². The van der Waals surface area contributed by atoms with Gasteiger partial charge in [-0.25, -0.2) is 4.98 Å². The van der Waals surface area contributed by atoms with E-state index < -0.39 is 0 Å². The standard InChI is InChI=1S/C24H27N3O/c1-4-18(14-27-10-9-25-15-27)26-22-11-17-13-24(3,23-6-5-16(2)28-23)8-7-19(17)20-12-21(20)22/h4-7,9-11,13,15,20-21,26H,8,12,14H2,1-3H3/b18-4-. The molecule has 0 aliphatic heterocycles. The van der Waals surface area contributed by atoms with Crippen molar-refractivity contribution in [3.63, 3.8) is 0 Å². The Morgan fingerprint density at radius 3 is 3.00 bits per heavy atom. The molecule has 3 atom stereocenters. The summed E-state index contributed by atoms with van der Waals surface area (Å²) in [6.07, 6.45) is 17.4. The summed E-state index contributed by atoms with van der Waals surface area (Å²) in [6.45, 7) is 7.20. The Kier molecular flexibility index (Phi) is 3.97. The average Bonchev–Trinajstić information content (AvgIpc) is 3.08. The van der Waals surface area contributed by atoms with E-state index in [-0.39, 0.29) is 5.41 Å². The van der Waals surface area contributed by atoms with E-state index in [1.54, 1.807) is 0 Å². The number of nitrogens with one attached hydrogen (secondary N) is 1. The number of nitrogens with zero attached hydrogens (tertiary/aromatic N) is 2. The van der Waals surface area contributed by atoms with Gasteiger partial charge in [0.15, 0.2) is 0 Å². The fourth-order valence-corrected chi connectivity index (χ4v) is 4.58. The molecule has 4 heteroatoms. The normalized spacial score (nSPS) is 28.7. The van der Waals surface area contributed by atoms with Gasteiger partial charge in [0.05, 0.1) is 12.9 Å². The van der Waals surface area contributed by atoms with Crippen molar-refractivity contribution in [2.45, 2.75) is 45.6 Å². The van der Waals surface area contributed by atoms with E-state index in [4.69, 9.17) is 4.42 Å². The third-order valence-corrected chi connectivity index (χ3v) is 6.32. The third kappa shape index (κ3) is 2.97. The number of hydrogen-bond donors (Lipinski definition) is 1. The van der Waals surface area contributed by atoms with Crippen LogP contribution in [-0.4, -0.2) is 9.55 Å². The molecule has 5 rings (SSSR count). The number of fused-ring (bicyclic) bond motifs is 3. The zero-order valence-electron chi connectivity index (χ0n) is 16.8. The van der Waals surface area contributed by atoms with E-state index in [1.807, 2.05) is 25.6 Å². The van der Waals surface area contributed by atoms with Gasteiger partial charge in [-0.05, 0) is 68.9 Å². The highest BCUT2D eigenvalue weighted by atomic mass is 16.3. The Morgan fingerprint density at radius 1 is 1.39 bits per heavy atom. The van der Waals surface area contributed by atoms with Crippen LogP contribution in [0.3, 0.4) is 0 Å². The molecule has 144 valence electrons. The topological polar surface area (TPSA) is 43.0 Å². The first-order chi connectivity index (χ1) is 13.6. The third-order valence-electron chi connectivity index (χ3n) is 6.32. The van der Waals surface area contributed by atoms with E-state index in [1.165, 1.54) is 29.0 Å². The first-order valence-electron chi connectivity index (χ1n) is 10.2. The minimum Gasteiger partial charge on any atom is -0.465 e. The van der Waals surface area contributed by atoms with E-state index >= 15 is 0 Å². The summed E-state index contributed by atoms with van der Waals surface area (Å²) in [4.78, 5) is 4.15. The van der Waals surface area contributed by atoms with E-state index in [2.05, 4.69) is 65.2 Å². The fourth-order valence-electron chi connectivity index (χ4n) is 4.58. The van der Waals surface area contributed by atoms with Crippen LogP contribution in [0, 0.1) is 18.8 Å². The number of allylic oxidation sites excluding steroid dienone is 8. The van der Waals surface area contributed by atoms with Crippen molar-refractivity contribution in [1.82, 2.24) is 14.9 Å². The lowest BCUT2D eigenvalue weighted by atomic mass is 9.74. The molecule has 2 heterocycles. The molecule has 0 aromatic carbocycles. The summed E-state index contributed by atoms with van der Waals surface area (Å²) in [5.41, 5.74) is 5.39. The summed E-state index contributed by atoms with van der Waals surface area (Å²) >= 11 is 0. The molecule has 0 bridgehead atoms. The molecule has 1 N–H and O–H groups in total. The monoisotopic (exact) mass is 373 g/mol. The second-order valence-electron chi connectivity index (χ2n) is 8.51. The largest absolute Gasteiger partial charge is 0.465 e. The van der Waals surface area contributed by atoms with E-state index in [9.17, 15) is 0 Å². The molecule has 2 aromatic rings. The molecule has 0 radical (unpaired) electrons. The van der Waals surface area contributed by atoms with E-state index in [0.717, 1.165) is 24.5 Å². The van der Waals surface area contributed by atoms with Crippen molar-refractivity contribution in [1.29, 1.82) is 0 Å². The van der Waals surface area contributed by atoms with Gasteiger partial charge in [-0.1, -0.05) is 18.2 Å². The Bertz CT molecular complexity index is 1020. The second-order valence-corrected chi connectivity index (χ2v) is 8.51. The van der Waals surface area contributed by atoms with Crippen molar-refractivity contribution >= 4 is 0 Å². The predicted molar refractivity (Wildman–Crippen MR) is 110 cm³/mol. The lowest BCUT2D eigenvalue weighted by Gasteiger charge is -2.31. The molecule has 28 heavy (non-hydrogen) atoms. The van der Waals surface area contributed by atoms with Crippen LogP contribution in [-0.2, 0) is 12.0 Å². The average molecular weight is 374 g/mol.